The molecule has 6 heteroatoms. The fourth-order valence-electron chi connectivity index (χ4n) is 5.89. The van der Waals surface area contributed by atoms with Gasteiger partial charge in [0.1, 0.15) is 0 Å². The van der Waals surface area contributed by atoms with E-state index in [4.69, 9.17) is 4.74 Å². The number of aryl methyl sites for hydroxylation is 1. The van der Waals surface area contributed by atoms with Gasteiger partial charge in [-0.3, -0.25) is 14.5 Å². The van der Waals surface area contributed by atoms with Gasteiger partial charge < -0.3 is 14.5 Å². The van der Waals surface area contributed by atoms with E-state index in [1.807, 2.05) is 48.0 Å². The Hall–Kier alpha value is -1.92. The smallest absolute Gasteiger partial charge is 0.254 e. The van der Waals surface area contributed by atoms with Crippen LogP contribution in [-0.2, 0) is 9.53 Å². The average molecular weight is 400 g/mol. The lowest BCUT2D eigenvalue weighted by molar-refractivity contribution is -0.141. The first-order valence-electron chi connectivity index (χ1n) is 10.7. The Balaban J connectivity index is 1.54. The van der Waals surface area contributed by atoms with Crippen molar-refractivity contribution < 1.29 is 14.3 Å². The molecule has 0 bridgehead atoms. The van der Waals surface area contributed by atoms with Crippen LogP contribution in [0.3, 0.4) is 0 Å². The predicted molar refractivity (Wildman–Crippen MR) is 112 cm³/mol. The van der Waals surface area contributed by atoms with E-state index < -0.39 is 0 Å². The van der Waals surface area contributed by atoms with Gasteiger partial charge in [0.25, 0.3) is 5.91 Å². The highest BCUT2D eigenvalue weighted by Crippen LogP contribution is 2.57. The zero-order valence-corrected chi connectivity index (χ0v) is 17.9. The van der Waals surface area contributed by atoms with Crippen LogP contribution in [0.2, 0.25) is 0 Å². The zero-order chi connectivity index (χ0) is 20.6. The van der Waals surface area contributed by atoms with E-state index >= 15 is 0 Å². The minimum atomic E-state index is -0.298. The lowest BCUT2D eigenvalue weighted by atomic mass is 9.60. The first-order valence-corrected chi connectivity index (χ1v) is 10.7. The number of carbonyl (C=O) groups excluding carboxylic acids is 2. The van der Waals surface area contributed by atoms with E-state index in [0.29, 0.717) is 12.5 Å². The van der Waals surface area contributed by atoms with Gasteiger partial charge in [-0.25, -0.2) is 0 Å². The molecule has 2 spiro atoms. The molecule has 3 fully saturated rings. The summed E-state index contributed by atoms with van der Waals surface area (Å²) in [4.78, 5) is 32.7. The maximum atomic E-state index is 13.3. The molecule has 2 amide bonds. The Kier molecular flexibility index (Phi) is 5.42. The summed E-state index contributed by atoms with van der Waals surface area (Å²) < 4.78 is 5.30. The molecule has 0 saturated carbocycles. The van der Waals surface area contributed by atoms with Crippen molar-refractivity contribution in [3.63, 3.8) is 0 Å². The van der Waals surface area contributed by atoms with Gasteiger partial charge >= 0.3 is 0 Å². The Bertz CT molecular complexity index is 787. The maximum Gasteiger partial charge on any atom is 0.254 e. The molecule has 0 aliphatic carbocycles. The number of hydrogen-bond donors (Lipinski definition) is 0. The average Bonchev–Trinajstić information content (AvgIpc) is 3.19. The Morgan fingerprint density at radius 2 is 1.83 bits per heavy atom. The van der Waals surface area contributed by atoms with Crippen molar-refractivity contribution in [2.45, 2.75) is 26.2 Å². The molecule has 0 N–H and O–H groups in total. The fraction of sp³-hybridized carbons (Fsp3) is 0.652. The number of fused-ring (bicyclic) bond motifs is 1. The lowest BCUT2D eigenvalue weighted by Crippen LogP contribution is -2.53. The summed E-state index contributed by atoms with van der Waals surface area (Å²) >= 11 is 0. The van der Waals surface area contributed by atoms with Crippen molar-refractivity contribution in [1.29, 1.82) is 0 Å². The second-order valence-corrected chi connectivity index (χ2v) is 9.15. The largest absolute Gasteiger partial charge is 0.383 e. The molecule has 6 nitrogen and oxygen atoms in total. The summed E-state index contributed by atoms with van der Waals surface area (Å²) in [5.41, 5.74) is 1.48. The molecule has 1 atom stereocenters. The van der Waals surface area contributed by atoms with Gasteiger partial charge in [0.05, 0.1) is 12.0 Å². The molecule has 3 heterocycles. The molecule has 0 radical (unpaired) electrons. The third-order valence-electron chi connectivity index (χ3n) is 7.66. The number of ether oxygens (including phenoxy) is 1. The number of hydrogen-bond acceptors (Lipinski definition) is 4. The molecular weight excluding hydrogens is 366 g/mol. The monoisotopic (exact) mass is 399 g/mol. The number of nitrogens with zero attached hydrogens (tertiary/aromatic N) is 3. The van der Waals surface area contributed by atoms with Crippen LogP contribution in [0.25, 0.3) is 0 Å². The standard InChI is InChI=1S/C23H33N3O3/c1-18-6-4-5-7-19(18)20(27)26-12-8-22(9-13-26)16-25(14-15-29-3)17-23(22)10-11-24(2)21(23)28/h4-7H,8-17H2,1-3H3/t23-/m0/s1. The number of amides is 2. The molecule has 1 aromatic carbocycles. The first kappa shape index (κ1) is 20.4. The number of methoxy groups -OCH3 is 1. The van der Waals surface area contributed by atoms with Gasteiger partial charge in [0.15, 0.2) is 0 Å². The van der Waals surface area contributed by atoms with Crippen LogP contribution in [0.5, 0.6) is 0 Å². The third-order valence-corrected chi connectivity index (χ3v) is 7.66. The van der Waals surface area contributed by atoms with Gasteiger partial charge in [0.2, 0.25) is 5.91 Å². The molecule has 0 unspecified atom stereocenters. The van der Waals surface area contributed by atoms with Crippen LogP contribution in [-0.4, -0.2) is 86.5 Å². The molecule has 4 rings (SSSR count). The lowest BCUT2D eigenvalue weighted by Gasteiger charge is -2.47. The van der Waals surface area contributed by atoms with Gasteiger partial charge in [0, 0.05) is 64.4 Å². The van der Waals surface area contributed by atoms with E-state index in [1.165, 1.54) is 0 Å². The van der Waals surface area contributed by atoms with E-state index in [2.05, 4.69) is 4.90 Å². The second kappa shape index (κ2) is 7.73. The Labute approximate surface area is 173 Å². The normalized spacial score (nSPS) is 26.8. The van der Waals surface area contributed by atoms with Crippen molar-refractivity contribution >= 4 is 11.8 Å². The molecule has 29 heavy (non-hydrogen) atoms. The quantitative estimate of drug-likeness (QED) is 0.777. The van der Waals surface area contributed by atoms with Gasteiger partial charge in [-0.15, -0.1) is 0 Å². The van der Waals surface area contributed by atoms with Crippen molar-refractivity contribution in [3.8, 4) is 0 Å². The summed E-state index contributed by atoms with van der Waals surface area (Å²) in [6.45, 7) is 7.59. The highest BCUT2D eigenvalue weighted by Gasteiger charge is 2.64. The Morgan fingerprint density at radius 3 is 2.45 bits per heavy atom. The minimum Gasteiger partial charge on any atom is -0.383 e. The summed E-state index contributed by atoms with van der Waals surface area (Å²) in [7, 11) is 3.66. The first-order chi connectivity index (χ1) is 13.9. The van der Waals surface area contributed by atoms with Crippen molar-refractivity contribution in [2.24, 2.45) is 10.8 Å². The van der Waals surface area contributed by atoms with Crippen LogP contribution in [0.4, 0.5) is 0 Å². The van der Waals surface area contributed by atoms with Crippen LogP contribution in [0.1, 0.15) is 35.2 Å². The number of piperidine rings is 1. The summed E-state index contributed by atoms with van der Waals surface area (Å²) in [5.74, 6) is 0.423. The van der Waals surface area contributed by atoms with Crippen LogP contribution < -0.4 is 0 Å². The van der Waals surface area contributed by atoms with Gasteiger partial charge in [-0.1, -0.05) is 18.2 Å². The van der Waals surface area contributed by atoms with Crippen molar-refractivity contribution in [2.75, 3.05) is 60.0 Å². The molecule has 3 aliphatic rings. The maximum absolute atomic E-state index is 13.3. The molecule has 3 saturated heterocycles. The van der Waals surface area contributed by atoms with E-state index in [9.17, 15) is 9.59 Å². The summed E-state index contributed by atoms with van der Waals surface area (Å²) in [6, 6.07) is 7.81. The van der Waals surface area contributed by atoms with Crippen molar-refractivity contribution in [3.05, 3.63) is 35.4 Å². The van der Waals surface area contributed by atoms with E-state index in [0.717, 1.165) is 69.7 Å². The van der Waals surface area contributed by atoms with Gasteiger partial charge in [-0.05, 0) is 37.8 Å². The molecule has 3 aliphatic heterocycles. The highest BCUT2D eigenvalue weighted by molar-refractivity contribution is 5.95. The number of carbonyl (C=O) groups is 2. The van der Waals surface area contributed by atoms with Crippen LogP contribution >= 0.6 is 0 Å². The topological polar surface area (TPSA) is 53.1 Å². The summed E-state index contributed by atoms with van der Waals surface area (Å²) in [5, 5.41) is 0. The van der Waals surface area contributed by atoms with Crippen LogP contribution in [0, 0.1) is 17.8 Å². The number of benzene rings is 1. The zero-order valence-electron chi connectivity index (χ0n) is 17.9. The Morgan fingerprint density at radius 1 is 1.10 bits per heavy atom. The molecule has 1 aromatic rings. The fourth-order valence-corrected chi connectivity index (χ4v) is 5.89. The summed E-state index contributed by atoms with van der Waals surface area (Å²) in [6.07, 6.45) is 2.72. The van der Waals surface area contributed by atoms with Crippen molar-refractivity contribution in [1.82, 2.24) is 14.7 Å². The second-order valence-electron chi connectivity index (χ2n) is 9.15. The molecular formula is C23H33N3O3. The molecule has 158 valence electrons. The third kappa shape index (κ3) is 3.26. The number of rotatable bonds is 4. The SMILES string of the molecule is COCCN1CC2(CCN(C(=O)c3ccccc3C)CC2)[C@@]2(CCN(C)C2=O)C1. The minimum absolute atomic E-state index is 0.0366. The van der Waals surface area contributed by atoms with Gasteiger partial charge in [-0.2, -0.15) is 0 Å². The number of likely N-dealkylation sites (tertiary alicyclic amines) is 3. The predicted octanol–water partition coefficient (Wildman–Crippen LogP) is 2.03. The van der Waals surface area contributed by atoms with Crippen LogP contribution in [0.15, 0.2) is 24.3 Å². The van der Waals surface area contributed by atoms with E-state index in [-0.39, 0.29) is 16.7 Å². The molecule has 0 aromatic heterocycles. The van der Waals surface area contributed by atoms with E-state index in [1.54, 1.807) is 7.11 Å². The highest BCUT2D eigenvalue weighted by atomic mass is 16.5.